The number of nitrogens with zero attached hydrogens (tertiary/aromatic N) is 2. The van der Waals surface area contributed by atoms with Crippen molar-refractivity contribution in [2.75, 3.05) is 63.4 Å². The van der Waals surface area contributed by atoms with Crippen LogP contribution in [0.15, 0.2) is 36.7 Å². The predicted molar refractivity (Wildman–Crippen MR) is 182 cm³/mol. The lowest BCUT2D eigenvalue weighted by Gasteiger charge is -2.28. The van der Waals surface area contributed by atoms with Crippen LogP contribution in [0.3, 0.4) is 0 Å². The summed E-state index contributed by atoms with van der Waals surface area (Å²) in [5, 5.41) is 11.4. The number of hydrogen-bond donors (Lipinski definition) is 4. The van der Waals surface area contributed by atoms with Gasteiger partial charge in [-0.3, -0.25) is 9.97 Å². The van der Waals surface area contributed by atoms with Gasteiger partial charge in [-0.2, -0.15) is 0 Å². The molecule has 258 valence electrons. The molecule has 2 rings (SSSR count). The molecule has 14 nitrogen and oxygen atoms in total. The molecule has 0 unspecified atom stereocenters. The standard InChI is InChI=1S/C30H52N6O8Si2/c1-7-39-45(40-8-2,41-9-3)21-13-17-33-29(37)35-25-15-19-31-27(23-25)28-24-26(16-20-32-28)36-30(38)34-18-14-22-46(42-10-4,43-11-5)44-12-6/h15-16,19-20,23-24H,7-14,17-18,21-22H2,1-6H3,(H2,31,33,35,37)(H2,32,34,36,38). The van der Waals surface area contributed by atoms with Crippen LogP contribution >= 0.6 is 0 Å². The number of urea groups is 2. The molecule has 0 bridgehead atoms. The summed E-state index contributed by atoms with van der Waals surface area (Å²) in [6.45, 7) is 15.4. The van der Waals surface area contributed by atoms with Crippen molar-refractivity contribution in [2.45, 2.75) is 66.5 Å². The van der Waals surface area contributed by atoms with Gasteiger partial charge in [0.25, 0.3) is 0 Å². The Kier molecular flexibility index (Phi) is 18.5. The van der Waals surface area contributed by atoms with Crippen LogP contribution in [-0.4, -0.2) is 92.4 Å². The number of pyridine rings is 2. The van der Waals surface area contributed by atoms with Gasteiger partial charge in [0, 0.05) is 88.6 Å². The zero-order valence-electron chi connectivity index (χ0n) is 28.1. The Morgan fingerprint density at radius 1 is 0.587 bits per heavy atom. The van der Waals surface area contributed by atoms with Crippen LogP contribution < -0.4 is 21.3 Å². The van der Waals surface area contributed by atoms with E-state index in [0.29, 0.717) is 100 Å². The zero-order chi connectivity index (χ0) is 33.7. The molecule has 4 N–H and O–H groups in total. The van der Waals surface area contributed by atoms with Gasteiger partial charge in [-0.25, -0.2) is 9.59 Å². The number of hydrogen-bond acceptors (Lipinski definition) is 10. The highest BCUT2D eigenvalue weighted by Crippen LogP contribution is 2.22. The minimum Gasteiger partial charge on any atom is -0.374 e. The fourth-order valence-electron chi connectivity index (χ4n) is 4.66. The molecule has 46 heavy (non-hydrogen) atoms. The summed E-state index contributed by atoms with van der Waals surface area (Å²) in [6, 6.07) is 7.33. The number of rotatable bonds is 23. The third-order valence-corrected chi connectivity index (χ3v) is 12.7. The maximum Gasteiger partial charge on any atom is 0.500 e. The van der Waals surface area contributed by atoms with Gasteiger partial charge < -0.3 is 47.8 Å². The van der Waals surface area contributed by atoms with Crippen molar-refractivity contribution in [1.29, 1.82) is 0 Å². The number of aromatic nitrogens is 2. The average molecular weight is 681 g/mol. The van der Waals surface area contributed by atoms with Crippen LogP contribution in [0.25, 0.3) is 11.4 Å². The van der Waals surface area contributed by atoms with Gasteiger partial charge in [0.2, 0.25) is 0 Å². The van der Waals surface area contributed by atoms with Gasteiger partial charge in [-0.05, 0) is 78.6 Å². The summed E-state index contributed by atoms with van der Waals surface area (Å²) in [4.78, 5) is 33.9. The van der Waals surface area contributed by atoms with E-state index in [0.717, 1.165) is 0 Å². The first-order valence-corrected chi connectivity index (χ1v) is 20.0. The van der Waals surface area contributed by atoms with Gasteiger partial charge in [0.05, 0.1) is 11.4 Å². The number of anilines is 2. The maximum absolute atomic E-state index is 12.6. The average Bonchev–Trinajstić information content (AvgIpc) is 3.03. The highest BCUT2D eigenvalue weighted by molar-refractivity contribution is 6.61. The lowest BCUT2D eigenvalue weighted by molar-refractivity contribution is 0.0701. The number of amides is 4. The molecule has 0 aliphatic heterocycles. The molecule has 0 atom stereocenters. The van der Waals surface area contributed by atoms with E-state index in [2.05, 4.69) is 31.2 Å². The minimum absolute atomic E-state index is 0.350. The van der Waals surface area contributed by atoms with Crippen molar-refractivity contribution < 1.29 is 36.1 Å². The largest absolute Gasteiger partial charge is 0.500 e. The number of carbonyl (C=O) groups is 2. The molecule has 0 aliphatic rings. The molecular formula is C30H52N6O8Si2. The Morgan fingerprint density at radius 2 is 0.913 bits per heavy atom. The number of carbonyl (C=O) groups excluding carboxylic acids is 2. The molecule has 2 aromatic rings. The van der Waals surface area contributed by atoms with E-state index in [4.69, 9.17) is 26.6 Å². The highest BCUT2D eigenvalue weighted by Gasteiger charge is 2.40. The lowest BCUT2D eigenvalue weighted by Crippen LogP contribution is -2.46. The van der Waals surface area contributed by atoms with E-state index in [9.17, 15) is 9.59 Å². The second kappa shape index (κ2) is 21.8. The Morgan fingerprint density at radius 3 is 1.22 bits per heavy atom. The first kappa shape index (κ1) is 39.2. The van der Waals surface area contributed by atoms with Crippen LogP contribution in [-0.2, 0) is 26.6 Å². The minimum atomic E-state index is -2.76. The van der Waals surface area contributed by atoms with Crippen LogP contribution in [0.2, 0.25) is 12.1 Å². The summed E-state index contributed by atoms with van der Waals surface area (Å²) in [7, 11) is -5.51. The van der Waals surface area contributed by atoms with Gasteiger partial charge in [0.15, 0.2) is 0 Å². The molecular weight excluding hydrogens is 629 g/mol. The van der Waals surface area contributed by atoms with Crippen molar-refractivity contribution in [2.24, 2.45) is 0 Å². The first-order chi connectivity index (χ1) is 22.3. The Balaban J connectivity index is 1.89. The fourth-order valence-corrected chi connectivity index (χ4v) is 9.89. The predicted octanol–water partition coefficient (Wildman–Crippen LogP) is 5.26. The SMILES string of the molecule is CCO[Si](CCCNC(=O)Nc1ccnc(-c2cc(NC(=O)NCCC[Si](OCC)(OCC)OCC)ccn2)c1)(OCC)OCC. The first-order valence-electron chi connectivity index (χ1n) is 16.1. The Bertz CT molecular complexity index is 1060. The molecule has 0 aromatic carbocycles. The Hall–Kier alpha value is -2.97. The normalized spacial score (nSPS) is 11.7. The van der Waals surface area contributed by atoms with Crippen molar-refractivity contribution in [3.63, 3.8) is 0 Å². The smallest absolute Gasteiger partial charge is 0.374 e. The van der Waals surface area contributed by atoms with E-state index >= 15 is 0 Å². The maximum atomic E-state index is 12.6. The van der Waals surface area contributed by atoms with Crippen LogP contribution in [0, 0.1) is 0 Å². The van der Waals surface area contributed by atoms with Crippen molar-refractivity contribution in [1.82, 2.24) is 20.6 Å². The third-order valence-electron chi connectivity index (χ3n) is 6.37. The van der Waals surface area contributed by atoms with E-state index < -0.39 is 17.6 Å². The lowest BCUT2D eigenvalue weighted by atomic mass is 10.2. The van der Waals surface area contributed by atoms with Crippen molar-refractivity contribution >= 4 is 41.0 Å². The molecule has 16 heteroatoms. The monoisotopic (exact) mass is 680 g/mol. The van der Waals surface area contributed by atoms with Crippen LogP contribution in [0.4, 0.5) is 21.0 Å². The molecule has 0 fully saturated rings. The topological polar surface area (TPSA) is 163 Å². The summed E-state index contributed by atoms with van der Waals surface area (Å²) in [5.74, 6) is 0. The second-order valence-corrected chi connectivity index (χ2v) is 15.3. The van der Waals surface area contributed by atoms with Gasteiger partial charge >= 0.3 is 29.7 Å². The molecule has 0 saturated carbocycles. The highest BCUT2D eigenvalue weighted by atomic mass is 28.4. The molecule has 0 radical (unpaired) electrons. The van der Waals surface area contributed by atoms with Crippen LogP contribution in [0.5, 0.6) is 0 Å². The molecule has 2 aromatic heterocycles. The van der Waals surface area contributed by atoms with E-state index in [1.54, 1.807) is 36.7 Å². The van der Waals surface area contributed by atoms with Crippen molar-refractivity contribution in [3.8, 4) is 11.4 Å². The quantitative estimate of drug-likeness (QED) is 0.0899. The van der Waals surface area contributed by atoms with Gasteiger partial charge in [-0.1, -0.05) is 0 Å². The molecule has 0 aliphatic carbocycles. The Labute approximate surface area is 275 Å². The molecule has 4 amide bonds. The summed E-state index contributed by atoms with van der Waals surface area (Å²) in [6.07, 6.45) is 4.47. The van der Waals surface area contributed by atoms with E-state index in [1.165, 1.54) is 0 Å². The van der Waals surface area contributed by atoms with Gasteiger partial charge in [0.1, 0.15) is 0 Å². The zero-order valence-corrected chi connectivity index (χ0v) is 30.1. The fraction of sp³-hybridized carbons (Fsp3) is 0.600. The summed E-state index contributed by atoms with van der Waals surface area (Å²) in [5.41, 5.74) is 2.17. The molecule has 0 spiro atoms. The molecule has 0 saturated heterocycles. The summed E-state index contributed by atoms with van der Waals surface area (Å²) >= 11 is 0. The van der Waals surface area contributed by atoms with Crippen LogP contribution in [0.1, 0.15) is 54.4 Å². The van der Waals surface area contributed by atoms with E-state index in [1.807, 2.05) is 41.5 Å². The van der Waals surface area contributed by atoms with Crippen molar-refractivity contribution in [3.05, 3.63) is 36.7 Å². The summed E-state index contributed by atoms with van der Waals surface area (Å²) < 4.78 is 35.2. The van der Waals surface area contributed by atoms with Gasteiger partial charge in [-0.15, -0.1) is 0 Å². The number of nitrogens with one attached hydrogen (secondary N) is 4. The third kappa shape index (κ3) is 13.8. The molecule has 2 heterocycles. The second-order valence-electron chi connectivity index (χ2n) is 9.79. The van der Waals surface area contributed by atoms with E-state index in [-0.39, 0.29) is 12.1 Å².